The van der Waals surface area contributed by atoms with Gasteiger partial charge in [-0.3, -0.25) is 4.79 Å². The maximum atomic E-state index is 13.3. The molecule has 1 aromatic heterocycles. The Balaban J connectivity index is 1.58. The van der Waals surface area contributed by atoms with Gasteiger partial charge in [-0.1, -0.05) is 30.3 Å². The fraction of sp³-hybridized carbons (Fsp3) is 0.348. The summed E-state index contributed by atoms with van der Waals surface area (Å²) in [4.78, 5) is 20.7. The number of likely N-dealkylation sites (tertiary alicyclic amines) is 1. The molecular formula is C23H27N3O. The normalized spacial score (nSPS) is 17.6. The largest absolute Gasteiger partial charge is 0.361 e. The summed E-state index contributed by atoms with van der Waals surface area (Å²) >= 11 is 0. The van der Waals surface area contributed by atoms with E-state index in [-0.39, 0.29) is 11.9 Å². The van der Waals surface area contributed by atoms with Gasteiger partial charge in [0.25, 0.3) is 5.91 Å². The lowest BCUT2D eigenvalue weighted by atomic mass is 9.93. The van der Waals surface area contributed by atoms with Gasteiger partial charge in [-0.2, -0.15) is 0 Å². The van der Waals surface area contributed by atoms with E-state index in [4.69, 9.17) is 0 Å². The molecule has 2 aromatic carbocycles. The maximum absolute atomic E-state index is 13.3. The molecule has 1 atom stereocenters. The number of nitrogens with zero attached hydrogens (tertiary/aromatic N) is 2. The summed E-state index contributed by atoms with van der Waals surface area (Å²) in [7, 11) is 4.16. The third-order valence-electron chi connectivity index (χ3n) is 5.43. The second-order valence-corrected chi connectivity index (χ2v) is 7.77. The van der Waals surface area contributed by atoms with Crippen LogP contribution in [0.15, 0.2) is 54.7 Å². The molecule has 0 bridgehead atoms. The third-order valence-corrected chi connectivity index (χ3v) is 5.43. The lowest BCUT2D eigenvalue weighted by Crippen LogP contribution is -2.38. The molecular weight excluding hydrogens is 334 g/mol. The second kappa shape index (κ2) is 7.57. The Morgan fingerprint density at radius 1 is 1.11 bits per heavy atom. The van der Waals surface area contributed by atoms with Crippen molar-refractivity contribution in [1.29, 1.82) is 0 Å². The number of hydrogen-bond acceptors (Lipinski definition) is 2. The van der Waals surface area contributed by atoms with E-state index in [1.807, 2.05) is 30.5 Å². The fourth-order valence-electron chi connectivity index (χ4n) is 4.08. The second-order valence-electron chi connectivity index (χ2n) is 7.77. The van der Waals surface area contributed by atoms with E-state index >= 15 is 0 Å². The van der Waals surface area contributed by atoms with E-state index in [1.165, 1.54) is 17.5 Å². The summed E-state index contributed by atoms with van der Waals surface area (Å²) in [5, 5.41) is 1.14. The average Bonchev–Trinajstić information content (AvgIpc) is 3.15. The minimum Gasteiger partial charge on any atom is -0.361 e. The summed E-state index contributed by atoms with van der Waals surface area (Å²) in [5.74, 6) is 0.133. The van der Waals surface area contributed by atoms with Gasteiger partial charge in [-0.15, -0.1) is 0 Å². The van der Waals surface area contributed by atoms with E-state index in [1.54, 1.807) is 0 Å². The van der Waals surface area contributed by atoms with Crippen molar-refractivity contribution in [3.8, 4) is 0 Å². The van der Waals surface area contributed by atoms with Gasteiger partial charge in [0.15, 0.2) is 0 Å². The van der Waals surface area contributed by atoms with Gasteiger partial charge in [0.2, 0.25) is 0 Å². The van der Waals surface area contributed by atoms with Gasteiger partial charge in [0.05, 0.1) is 6.04 Å². The van der Waals surface area contributed by atoms with E-state index in [0.29, 0.717) is 0 Å². The highest BCUT2D eigenvalue weighted by atomic mass is 16.2. The Morgan fingerprint density at radius 2 is 1.93 bits per heavy atom. The molecule has 0 saturated carbocycles. The van der Waals surface area contributed by atoms with Crippen LogP contribution in [-0.2, 0) is 6.54 Å². The first kappa shape index (κ1) is 17.8. The van der Waals surface area contributed by atoms with E-state index in [9.17, 15) is 4.79 Å². The number of hydrogen-bond donors (Lipinski definition) is 1. The Morgan fingerprint density at radius 3 is 2.70 bits per heavy atom. The molecule has 1 saturated heterocycles. The Kier molecular flexibility index (Phi) is 4.99. The molecule has 1 amide bonds. The number of rotatable bonds is 4. The van der Waals surface area contributed by atoms with Crippen molar-refractivity contribution in [2.75, 3.05) is 20.6 Å². The van der Waals surface area contributed by atoms with Crippen LogP contribution in [-0.4, -0.2) is 41.3 Å². The Bertz CT molecular complexity index is 926. The van der Waals surface area contributed by atoms with E-state index < -0.39 is 0 Å². The average molecular weight is 361 g/mol. The van der Waals surface area contributed by atoms with Crippen LogP contribution in [0.4, 0.5) is 0 Å². The predicted molar refractivity (Wildman–Crippen MR) is 110 cm³/mol. The number of H-pyrrole nitrogens is 1. The van der Waals surface area contributed by atoms with Crippen molar-refractivity contribution >= 4 is 16.8 Å². The standard InChI is InChI=1S/C23H27N3O/c1-25(2)16-17-6-8-19(9-7-17)22-5-3-4-14-26(22)23(27)20-11-10-18-12-13-24-21(18)15-20/h6-13,15,22,24H,3-5,14,16H2,1-2H3/t22-/m1/s1. The smallest absolute Gasteiger partial charge is 0.254 e. The molecule has 4 heteroatoms. The predicted octanol–water partition coefficient (Wildman–Crippen LogP) is 4.60. The van der Waals surface area contributed by atoms with Crippen LogP contribution in [0.1, 0.15) is 46.8 Å². The summed E-state index contributed by atoms with van der Waals surface area (Å²) in [6.45, 7) is 1.76. The summed E-state index contributed by atoms with van der Waals surface area (Å²) < 4.78 is 0. The van der Waals surface area contributed by atoms with Crippen molar-refractivity contribution in [2.45, 2.75) is 31.8 Å². The number of amides is 1. The molecule has 0 unspecified atom stereocenters. The zero-order valence-electron chi connectivity index (χ0n) is 16.1. The highest BCUT2D eigenvalue weighted by Crippen LogP contribution is 2.32. The Hall–Kier alpha value is -2.59. The quantitative estimate of drug-likeness (QED) is 0.738. The molecule has 0 radical (unpaired) electrons. The first-order valence-corrected chi connectivity index (χ1v) is 9.73. The third kappa shape index (κ3) is 3.76. The van der Waals surface area contributed by atoms with Crippen LogP contribution in [0.25, 0.3) is 10.9 Å². The molecule has 0 aliphatic carbocycles. The van der Waals surface area contributed by atoms with Crippen molar-refractivity contribution in [3.05, 3.63) is 71.4 Å². The van der Waals surface area contributed by atoms with Crippen LogP contribution in [0, 0.1) is 0 Å². The van der Waals surface area contributed by atoms with Gasteiger partial charge < -0.3 is 14.8 Å². The van der Waals surface area contributed by atoms with Gasteiger partial charge in [-0.25, -0.2) is 0 Å². The molecule has 27 heavy (non-hydrogen) atoms. The van der Waals surface area contributed by atoms with Crippen LogP contribution >= 0.6 is 0 Å². The van der Waals surface area contributed by atoms with Crippen molar-refractivity contribution in [2.24, 2.45) is 0 Å². The number of carbonyl (C=O) groups is 1. The number of piperidine rings is 1. The van der Waals surface area contributed by atoms with Crippen LogP contribution in [0.3, 0.4) is 0 Å². The molecule has 1 aliphatic heterocycles. The number of carbonyl (C=O) groups excluding carboxylic acids is 1. The number of aromatic nitrogens is 1. The molecule has 4 rings (SSSR count). The minimum absolute atomic E-state index is 0.133. The lowest BCUT2D eigenvalue weighted by Gasteiger charge is -2.36. The van der Waals surface area contributed by atoms with Gasteiger partial charge in [0.1, 0.15) is 0 Å². The Labute approximate surface area is 160 Å². The molecule has 0 spiro atoms. The first-order chi connectivity index (χ1) is 13.1. The number of fused-ring (bicyclic) bond motifs is 1. The van der Waals surface area contributed by atoms with Gasteiger partial charge in [0, 0.05) is 30.4 Å². The fourth-order valence-corrected chi connectivity index (χ4v) is 4.08. The molecule has 3 aromatic rings. The van der Waals surface area contributed by atoms with Gasteiger partial charge >= 0.3 is 0 Å². The van der Waals surface area contributed by atoms with E-state index in [2.05, 4.69) is 53.1 Å². The van der Waals surface area contributed by atoms with Crippen LogP contribution < -0.4 is 0 Å². The van der Waals surface area contributed by atoms with Crippen molar-refractivity contribution in [3.63, 3.8) is 0 Å². The molecule has 1 aliphatic rings. The maximum Gasteiger partial charge on any atom is 0.254 e. The summed E-state index contributed by atoms with van der Waals surface area (Å²) in [6, 6.07) is 16.9. The van der Waals surface area contributed by atoms with Crippen molar-refractivity contribution in [1.82, 2.24) is 14.8 Å². The summed E-state index contributed by atoms with van der Waals surface area (Å²) in [6.07, 6.45) is 5.19. The van der Waals surface area contributed by atoms with Crippen LogP contribution in [0.5, 0.6) is 0 Å². The number of aromatic amines is 1. The number of benzene rings is 2. The number of nitrogens with one attached hydrogen (secondary N) is 1. The zero-order chi connectivity index (χ0) is 18.8. The van der Waals surface area contributed by atoms with Crippen molar-refractivity contribution < 1.29 is 4.79 Å². The van der Waals surface area contributed by atoms with E-state index in [0.717, 1.165) is 42.4 Å². The molecule has 2 heterocycles. The highest BCUT2D eigenvalue weighted by molar-refractivity contribution is 5.98. The lowest BCUT2D eigenvalue weighted by molar-refractivity contribution is 0.0611. The topological polar surface area (TPSA) is 39.3 Å². The molecule has 140 valence electrons. The molecule has 1 N–H and O–H groups in total. The molecule has 4 nitrogen and oxygen atoms in total. The minimum atomic E-state index is 0.133. The summed E-state index contributed by atoms with van der Waals surface area (Å²) in [5.41, 5.74) is 4.32. The zero-order valence-corrected chi connectivity index (χ0v) is 16.1. The first-order valence-electron chi connectivity index (χ1n) is 9.73. The highest BCUT2D eigenvalue weighted by Gasteiger charge is 2.28. The molecule has 1 fully saturated rings. The monoisotopic (exact) mass is 361 g/mol. The van der Waals surface area contributed by atoms with Gasteiger partial charge in [-0.05, 0) is 68.1 Å². The SMILES string of the molecule is CN(C)Cc1ccc([C@H]2CCCCN2C(=O)c2ccc3cc[nH]c3c2)cc1. The van der Waals surface area contributed by atoms with Crippen LogP contribution in [0.2, 0.25) is 0 Å².